The smallest absolute Gasteiger partial charge is 0.0233 e. The summed E-state index contributed by atoms with van der Waals surface area (Å²) < 4.78 is 0. The Morgan fingerprint density at radius 3 is 2.43 bits per heavy atom. The molecule has 0 amide bonds. The Morgan fingerprint density at radius 1 is 1.14 bits per heavy atom. The SMILES string of the molecule is CN(Cc1ccccc1)C1CCCC1. The normalized spacial score (nSPS) is 17.9. The Kier molecular flexibility index (Phi) is 3.20. The summed E-state index contributed by atoms with van der Waals surface area (Å²) in [6.07, 6.45) is 5.63. The van der Waals surface area contributed by atoms with E-state index in [9.17, 15) is 0 Å². The lowest BCUT2D eigenvalue weighted by atomic mass is 10.1. The van der Waals surface area contributed by atoms with Crippen LogP contribution in [0.15, 0.2) is 30.3 Å². The first-order valence-corrected chi connectivity index (χ1v) is 5.60. The van der Waals surface area contributed by atoms with Crippen molar-refractivity contribution in [1.29, 1.82) is 0 Å². The highest BCUT2D eigenvalue weighted by atomic mass is 15.1. The van der Waals surface area contributed by atoms with E-state index < -0.39 is 0 Å². The first-order chi connectivity index (χ1) is 6.86. The Morgan fingerprint density at radius 2 is 1.79 bits per heavy atom. The van der Waals surface area contributed by atoms with E-state index in [2.05, 4.69) is 42.3 Å². The zero-order valence-electron chi connectivity index (χ0n) is 8.95. The molecule has 14 heavy (non-hydrogen) atoms. The van der Waals surface area contributed by atoms with Gasteiger partial charge >= 0.3 is 0 Å². The van der Waals surface area contributed by atoms with Crippen LogP contribution in [0.3, 0.4) is 0 Å². The van der Waals surface area contributed by atoms with Crippen molar-refractivity contribution in [2.75, 3.05) is 7.05 Å². The lowest BCUT2D eigenvalue weighted by molar-refractivity contribution is 0.237. The number of benzene rings is 1. The van der Waals surface area contributed by atoms with Crippen LogP contribution < -0.4 is 0 Å². The average molecular weight is 189 g/mol. The molecule has 1 nitrogen and oxygen atoms in total. The molecular weight excluding hydrogens is 170 g/mol. The predicted octanol–water partition coefficient (Wildman–Crippen LogP) is 3.06. The molecule has 0 saturated heterocycles. The summed E-state index contributed by atoms with van der Waals surface area (Å²) in [6.45, 7) is 1.10. The van der Waals surface area contributed by atoms with Crippen molar-refractivity contribution in [3.05, 3.63) is 35.9 Å². The van der Waals surface area contributed by atoms with Gasteiger partial charge in [-0.05, 0) is 25.5 Å². The first kappa shape index (κ1) is 9.72. The van der Waals surface area contributed by atoms with Crippen molar-refractivity contribution in [3.63, 3.8) is 0 Å². The van der Waals surface area contributed by atoms with Crippen LogP contribution in [0.2, 0.25) is 0 Å². The molecule has 1 aromatic rings. The topological polar surface area (TPSA) is 3.24 Å². The second-order valence-electron chi connectivity index (χ2n) is 4.34. The van der Waals surface area contributed by atoms with Crippen LogP contribution in [-0.2, 0) is 6.54 Å². The van der Waals surface area contributed by atoms with Gasteiger partial charge in [-0.3, -0.25) is 4.90 Å². The molecule has 0 bridgehead atoms. The second-order valence-corrected chi connectivity index (χ2v) is 4.34. The van der Waals surface area contributed by atoms with Crippen LogP contribution in [0.25, 0.3) is 0 Å². The van der Waals surface area contributed by atoms with Crippen LogP contribution in [0, 0.1) is 0 Å². The zero-order chi connectivity index (χ0) is 9.80. The van der Waals surface area contributed by atoms with Gasteiger partial charge in [0, 0.05) is 12.6 Å². The molecular formula is C13H19N. The molecule has 76 valence electrons. The molecule has 0 heterocycles. The summed E-state index contributed by atoms with van der Waals surface area (Å²) in [5, 5.41) is 0. The molecule has 0 radical (unpaired) electrons. The highest BCUT2D eigenvalue weighted by Crippen LogP contribution is 2.23. The van der Waals surface area contributed by atoms with E-state index in [0.29, 0.717) is 0 Å². The molecule has 0 N–H and O–H groups in total. The van der Waals surface area contributed by atoms with E-state index in [4.69, 9.17) is 0 Å². The first-order valence-electron chi connectivity index (χ1n) is 5.60. The lowest BCUT2D eigenvalue weighted by Crippen LogP contribution is -2.28. The van der Waals surface area contributed by atoms with E-state index in [1.165, 1.54) is 31.2 Å². The molecule has 0 aliphatic heterocycles. The Labute approximate surface area is 86.7 Å². The van der Waals surface area contributed by atoms with Crippen molar-refractivity contribution in [2.24, 2.45) is 0 Å². The summed E-state index contributed by atoms with van der Waals surface area (Å²) in [5.41, 5.74) is 1.43. The highest BCUT2D eigenvalue weighted by Gasteiger charge is 2.18. The fourth-order valence-electron chi connectivity index (χ4n) is 2.35. The summed E-state index contributed by atoms with van der Waals surface area (Å²) in [5.74, 6) is 0. The molecule has 2 rings (SSSR count). The van der Waals surface area contributed by atoms with E-state index in [-0.39, 0.29) is 0 Å². The van der Waals surface area contributed by atoms with Gasteiger partial charge in [-0.2, -0.15) is 0 Å². The van der Waals surface area contributed by atoms with Gasteiger partial charge in [-0.25, -0.2) is 0 Å². The molecule has 1 saturated carbocycles. The average Bonchev–Trinajstić information content (AvgIpc) is 2.72. The van der Waals surface area contributed by atoms with Gasteiger partial charge in [0.2, 0.25) is 0 Å². The number of hydrogen-bond acceptors (Lipinski definition) is 1. The van der Waals surface area contributed by atoms with Crippen LogP contribution in [0.4, 0.5) is 0 Å². The summed E-state index contributed by atoms with van der Waals surface area (Å²) in [4.78, 5) is 2.50. The highest BCUT2D eigenvalue weighted by molar-refractivity contribution is 5.14. The maximum absolute atomic E-state index is 2.50. The van der Waals surface area contributed by atoms with Gasteiger partial charge in [-0.1, -0.05) is 43.2 Å². The number of rotatable bonds is 3. The van der Waals surface area contributed by atoms with Gasteiger partial charge < -0.3 is 0 Å². The molecule has 1 aliphatic carbocycles. The number of nitrogens with zero attached hydrogens (tertiary/aromatic N) is 1. The van der Waals surface area contributed by atoms with Crippen molar-refractivity contribution >= 4 is 0 Å². The maximum Gasteiger partial charge on any atom is 0.0233 e. The molecule has 1 fully saturated rings. The minimum atomic E-state index is 0.829. The van der Waals surface area contributed by atoms with Crippen LogP contribution in [-0.4, -0.2) is 18.0 Å². The molecule has 0 aromatic heterocycles. The third kappa shape index (κ3) is 2.36. The fraction of sp³-hybridized carbons (Fsp3) is 0.538. The van der Waals surface area contributed by atoms with Crippen LogP contribution in [0.1, 0.15) is 31.2 Å². The monoisotopic (exact) mass is 189 g/mol. The van der Waals surface area contributed by atoms with Gasteiger partial charge in [-0.15, -0.1) is 0 Å². The fourth-order valence-corrected chi connectivity index (χ4v) is 2.35. The van der Waals surface area contributed by atoms with Crippen LogP contribution >= 0.6 is 0 Å². The van der Waals surface area contributed by atoms with E-state index in [1.54, 1.807) is 0 Å². The predicted molar refractivity (Wildman–Crippen MR) is 60.2 cm³/mol. The van der Waals surface area contributed by atoms with Crippen molar-refractivity contribution in [1.82, 2.24) is 4.90 Å². The van der Waals surface area contributed by atoms with E-state index >= 15 is 0 Å². The van der Waals surface area contributed by atoms with Crippen molar-refractivity contribution in [3.8, 4) is 0 Å². The molecule has 0 unspecified atom stereocenters. The van der Waals surface area contributed by atoms with Gasteiger partial charge in [0.25, 0.3) is 0 Å². The van der Waals surface area contributed by atoms with Gasteiger partial charge in [0.05, 0.1) is 0 Å². The maximum atomic E-state index is 2.50. The summed E-state index contributed by atoms with van der Waals surface area (Å²) in [7, 11) is 2.25. The summed E-state index contributed by atoms with van der Waals surface area (Å²) in [6, 6.07) is 11.6. The molecule has 1 heteroatoms. The minimum absolute atomic E-state index is 0.829. The van der Waals surface area contributed by atoms with Gasteiger partial charge in [0.1, 0.15) is 0 Å². The summed E-state index contributed by atoms with van der Waals surface area (Å²) >= 11 is 0. The number of hydrogen-bond donors (Lipinski definition) is 0. The van der Waals surface area contributed by atoms with Crippen molar-refractivity contribution < 1.29 is 0 Å². The quantitative estimate of drug-likeness (QED) is 0.706. The Hall–Kier alpha value is -0.820. The van der Waals surface area contributed by atoms with E-state index in [0.717, 1.165) is 12.6 Å². The molecule has 0 atom stereocenters. The van der Waals surface area contributed by atoms with Crippen LogP contribution in [0.5, 0.6) is 0 Å². The largest absolute Gasteiger partial charge is 0.299 e. The standard InChI is InChI=1S/C13H19N/c1-14(13-9-5-6-10-13)11-12-7-3-2-4-8-12/h2-4,7-8,13H,5-6,9-11H2,1H3. The zero-order valence-corrected chi connectivity index (χ0v) is 8.95. The molecule has 1 aromatic carbocycles. The minimum Gasteiger partial charge on any atom is -0.299 e. The third-order valence-electron chi connectivity index (χ3n) is 3.22. The molecule has 0 spiro atoms. The van der Waals surface area contributed by atoms with Crippen molar-refractivity contribution in [2.45, 2.75) is 38.3 Å². The Bertz CT molecular complexity index is 262. The third-order valence-corrected chi connectivity index (χ3v) is 3.22. The van der Waals surface area contributed by atoms with Gasteiger partial charge in [0.15, 0.2) is 0 Å². The van der Waals surface area contributed by atoms with E-state index in [1.807, 2.05) is 0 Å². The molecule has 1 aliphatic rings. The lowest BCUT2D eigenvalue weighted by Gasteiger charge is -2.23. The second kappa shape index (κ2) is 4.61. The Balaban J connectivity index is 1.90.